The fourth-order valence-electron chi connectivity index (χ4n) is 1.04. The summed E-state index contributed by atoms with van der Waals surface area (Å²) in [5, 5.41) is 12.3. The third kappa shape index (κ3) is 2.50. The van der Waals surface area contributed by atoms with Gasteiger partial charge >= 0.3 is 0 Å². The first-order valence-electron chi connectivity index (χ1n) is 4.04. The Morgan fingerprint density at radius 1 is 1.71 bits per heavy atom. The highest BCUT2D eigenvalue weighted by Gasteiger charge is 2.12. The van der Waals surface area contributed by atoms with E-state index in [-0.39, 0.29) is 6.61 Å². The molecule has 0 aliphatic heterocycles. The molecule has 0 spiro atoms. The van der Waals surface area contributed by atoms with E-state index in [1.807, 2.05) is 0 Å². The summed E-state index contributed by atoms with van der Waals surface area (Å²) in [5.41, 5.74) is 8.22. The molecule has 1 rings (SSSR count). The van der Waals surface area contributed by atoms with E-state index < -0.39 is 6.04 Å². The van der Waals surface area contributed by atoms with Crippen molar-refractivity contribution in [1.82, 2.24) is 0 Å². The van der Waals surface area contributed by atoms with Crippen LogP contribution in [0.5, 0.6) is 0 Å². The predicted molar refractivity (Wildman–Crippen MR) is 48.4 cm³/mol. The van der Waals surface area contributed by atoms with Gasteiger partial charge in [-0.3, -0.25) is 0 Å². The average Bonchev–Trinajstić information content (AvgIpc) is 2.63. The van der Waals surface area contributed by atoms with E-state index in [0.29, 0.717) is 18.1 Å². The molecule has 1 unspecified atom stereocenters. The van der Waals surface area contributed by atoms with E-state index in [1.165, 1.54) is 0 Å². The molecule has 1 heterocycles. The van der Waals surface area contributed by atoms with Crippen LogP contribution in [0, 0.1) is 0 Å². The van der Waals surface area contributed by atoms with E-state index in [2.05, 4.69) is 10.0 Å². The lowest BCUT2D eigenvalue weighted by Crippen LogP contribution is -1.97. The molecule has 0 aromatic carbocycles. The zero-order valence-electron chi connectivity index (χ0n) is 7.75. The first-order valence-corrected chi connectivity index (χ1v) is 4.04. The van der Waals surface area contributed by atoms with Crippen molar-refractivity contribution in [2.45, 2.75) is 12.6 Å². The molecule has 0 aliphatic rings. The molecule has 0 fully saturated rings. The minimum absolute atomic E-state index is 0.274. The summed E-state index contributed by atoms with van der Waals surface area (Å²) in [4.78, 5) is 2.61. The minimum Gasteiger partial charge on any atom is -0.463 e. The van der Waals surface area contributed by atoms with Crippen molar-refractivity contribution in [3.05, 3.63) is 34.1 Å². The van der Waals surface area contributed by atoms with Gasteiger partial charge in [0.25, 0.3) is 0 Å². The van der Waals surface area contributed by atoms with Crippen molar-refractivity contribution >= 4 is 0 Å². The Balaban J connectivity index is 2.77. The van der Waals surface area contributed by atoms with E-state index in [0.717, 1.165) is 0 Å². The van der Waals surface area contributed by atoms with Crippen LogP contribution in [0.1, 0.15) is 17.6 Å². The quantitative estimate of drug-likeness (QED) is 0.443. The summed E-state index contributed by atoms with van der Waals surface area (Å²) in [6.45, 7) is 0.0818. The van der Waals surface area contributed by atoms with Crippen LogP contribution < -0.4 is 0 Å². The molecule has 0 saturated heterocycles. The standard InChI is InChI=1S/C8H11N3O3/c1-13-5-6-2-3-8(14-6)7(4-12)10-11-9/h2-3,7,12H,4-5H2,1H3. The molecule has 0 radical (unpaired) electrons. The zero-order valence-corrected chi connectivity index (χ0v) is 7.75. The van der Waals surface area contributed by atoms with E-state index in [1.54, 1.807) is 19.2 Å². The molecule has 0 aliphatic carbocycles. The maximum absolute atomic E-state index is 8.89. The number of aliphatic hydroxyl groups is 1. The summed E-state index contributed by atoms with van der Waals surface area (Å²) in [7, 11) is 1.55. The average molecular weight is 197 g/mol. The third-order valence-electron chi connectivity index (χ3n) is 1.66. The molecule has 1 N–H and O–H groups in total. The summed E-state index contributed by atoms with van der Waals surface area (Å²) in [5.74, 6) is 1.08. The Morgan fingerprint density at radius 2 is 2.50 bits per heavy atom. The molecular formula is C8H11N3O3. The highest BCUT2D eigenvalue weighted by atomic mass is 16.5. The summed E-state index contributed by atoms with van der Waals surface area (Å²) < 4.78 is 10.1. The second-order valence-electron chi connectivity index (χ2n) is 2.64. The molecule has 1 aromatic heterocycles. The molecule has 0 bridgehead atoms. The normalized spacial score (nSPS) is 12.1. The number of hydrogen-bond acceptors (Lipinski definition) is 4. The first-order chi connectivity index (χ1) is 6.81. The van der Waals surface area contributed by atoms with E-state index in [9.17, 15) is 0 Å². The maximum Gasteiger partial charge on any atom is 0.129 e. The molecule has 14 heavy (non-hydrogen) atoms. The van der Waals surface area contributed by atoms with E-state index >= 15 is 0 Å². The number of furan rings is 1. The van der Waals surface area contributed by atoms with Crippen molar-refractivity contribution in [2.75, 3.05) is 13.7 Å². The van der Waals surface area contributed by atoms with Crippen LogP contribution in [-0.2, 0) is 11.3 Å². The van der Waals surface area contributed by atoms with Gasteiger partial charge in [-0.1, -0.05) is 5.11 Å². The third-order valence-corrected chi connectivity index (χ3v) is 1.66. The van der Waals surface area contributed by atoms with Gasteiger partial charge in [0.15, 0.2) is 0 Å². The maximum atomic E-state index is 8.89. The monoisotopic (exact) mass is 197 g/mol. The van der Waals surface area contributed by atoms with Crippen molar-refractivity contribution in [3.63, 3.8) is 0 Å². The Hall–Kier alpha value is -1.49. The molecule has 0 amide bonds. The largest absolute Gasteiger partial charge is 0.463 e. The van der Waals surface area contributed by atoms with Gasteiger partial charge in [-0.15, -0.1) is 0 Å². The molecule has 1 atom stereocenters. The predicted octanol–water partition coefficient (Wildman–Crippen LogP) is 1.77. The van der Waals surface area contributed by atoms with Gasteiger partial charge in [-0.25, -0.2) is 0 Å². The second-order valence-corrected chi connectivity index (χ2v) is 2.64. The Morgan fingerprint density at radius 3 is 3.07 bits per heavy atom. The van der Waals surface area contributed by atoms with Gasteiger partial charge in [0.2, 0.25) is 0 Å². The van der Waals surface area contributed by atoms with Gasteiger partial charge in [0, 0.05) is 12.0 Å². The highest BCUT2D eigenvalue weighted by Crippen LogP contribution is 2.20. The lowest BCUT2D eigenvalue weighted by molar-refractivity contribution is 0.160. The van der Waals surface area contributed by atoms with E-state index in [4.69, 9.17) is 19.8 Å². The zero-order chi connectivity index (χ0) is 10.4. The molecular weight excluding hydrogens is 186 g/mol. The smallest absolute Gasteiger partial charge is 0.129 e. The lowest BCUT2D eigenvalue weighted by Gasteiger charge is -2.02. The summed E-state index contributed by atoms with van der Waals surface area (Å²) in [6, 6.07) is 2.71. The van der Waals surface area contributed by atoms with Crippen molar-refractivity contribution < 1.29 is 14.3 Å². The summed E-state index contributed by atoms with van der Waals surface area (Å²) >= 11 is 0. The lowest BCUT2D eigenvalue weighted by atomic mass is 10.2. The van der Waals surface area contributed by atoms with Gasteiger partial charge in [0.05, 0.1) is 6.61 Å². The van der Waals surface area contributed by atoms with Crippen molar-refractivity contribution in [2.24, 2.45) is 5.11 Å². The highest BCUT2D eigenvalue weighted by molar-refractivity contribution is 5.10. The van der Waals surface area contributed by atoms with Crippen LogP contribution in [0.15, 0.2) is 21.7 Å². The number of aliphatic hydroxyl groups excluding tert-OH is 1. The Kier molecular flexibility index (Phi) is 4.00. The number of nitrogens with zero attached hydrogens (tertiary/aromatic N) is 3. The fraction of sp³-hybridized carbons (Fsp3) is 0.500. The van der Waals surface area contributed by atoms with Gasteiger partial charge in [-0.2, -0.15) is 0 Å². The topological polar surface area (TPSA) is 91.4 Å². The minimum atomic E-state index is -0.661. The summed E-state index contributed by atoms with van der Waals surface area (Å²) in [6.07, 6.45) is 0. The number of ether oxygens (including phenoxy) is 1. The van der Waals surface area contributed by atoms with Crippen LogP contribution in [0.3, 0.4) is 0 Å². The fourth-order valence-corrected chi connectivity index (χ4v) is 1.04. The van der Waals surface area contributed by atoms with Crippen molar-refractivity contribution in [1.29, 1.82) is 0 Å². The second kappa shape index (κ2) is 5.29. The number of azide groups is 1. The molecule has 1 aromatic rings. The molecule has 0 saturated carbocycles. The number of rotatable bonds is 5. The van der Waals surface area contributed by atoms with Gasteiger partial charge < -0.3 is 14.3 Å². The van der Waals surface area contributed by atoms with Crippen LogP contribution in [0.25, 0.3) is 10.4 Å². The Bertz CT molecular complexity index is 330. The first kappa shape index (κ1) is 10.6. The van der Waals surface area contributed by atoms with Crippen molar-refractivity contribution in [3.8, 4) is 0 Å². The van der Waals surface area contributed by atoms with Gasteiger partial charge in [0.1, 0.15) is 24.2 Å². The molecule has 76 valence electrons. The van der Waals surface area contributed by atoms with Crippen LogP contribution >= 0.6 is 0 Å². The van der Waals surface area contributed by atoms with Gasteiger partial charge in [-0.05, 0) is 17.7 Å². The number of methoxy groups -OCH3 is 1. The Labute approximate surface area is 80.7 Å². The van der Waals surface area contributed by atoms with Crippen LogP contribution in [-0.4, -0.2) is 18.8 Å². The van der Waals surface area contributed by atoms with Crippen LogP contribution in [0.2, 0.25) is 0 Å². The molecule has 6 nitrogen and oxygen atoms in total. The molecule has 6 heteroatoms. The SMILES string of the molecule is COCc1ccc(C(CO)N=[N+]=[N-])o1. The van der Waals surface area contributed by atoms with Crippen LogP contribution in [0.4, 0.5) is 0 Å². The number of hydrogen-bond donors (Lipinski definition) is 1.